The maximum absolute atomic E-state index is 12.2. The van der Waals surface area contributed by atoms with Gasteiger partial charge in [-0.3, -0.25) is 0 Å². The molecule has 0 saturated carbocycles. The zero-order valence-electron chi connectivity index (χ0n) is 8.68. The van der Waals surface area contributed by atoms with Crippen molar-refractivity contribution in [1.29, 1.82) is 0 Å². The lowest BCUT2D eigenvalue weighted by Gasteiger charge is -2.13. The topological polar surface area (TPSA) is 35.5 Å². The Labute approximate surface area is 113 Å². The van der Waals surface area contributed by atoms with Crippen molar-refractivity contribution in [2.24, 2.45) is 0 Å². The Bertz CT molecular complexity index is 424. The lowest BCUT2D eigenvalue weighted by Crippen LogP contribution is -2.11. The van der Waals surface area contributed by atoms with Crippen LogP contribution >= 0.6 is 31.9 Å². The number of hydrogen-bond donors (Lipinski definition) is 0. The third-order valence-corrected chi connectivity index (χ3v) is 2.96. The molecule has 94 valence electrons. The number of benzene rings is 1. The van der Waals surface area contributed by atoms with E-state index >= 15 is 0 Å². The van der Waals surface area contributed by atoms with Gasteiger partial charge in [-0.2, -0.15) is 8.78 Å². The molecule has 0 aliphatic carbocycles. The van der Waals surface area contributed by atoms with Gasteiger partial charge < -0.3 is 9.47 Å². The second-order valence-corrected chi connectivity index (χ2v) is 4.42. The molecule has 0 N–H and O–H groups in total. The number of halogens is 4. The first kappa shape index (κ1) is 14.4. The smallest absolute Gasteiger partial charge is 0.387 e. The van der Waals surface area contributed by atoms with Gasteiger partial charge in [-0.05, 0) is 17.7 Å². The second kappa shape index (κ2) is 6.30. The first-order valence-electron chi connectivity index (χ1n) is 4.41. The molecule has 0 radical (unpaired) electrons. The zero-order chi connectivity index (χ0) is 13.0. The largest absolute Gasteiger partial charge is 0.465 e. The molecule has 0 heterocycles. The van der Waals surface area contributed by atoms with Crippen LogP contribution < -0.4 is 4.74 Å². The third-order valence-electron chi connectivity index (χ3n) is 1.90. The van der Waals surface area contributed by atoms with Crippen molar-refractivity contribution in [3.63, 3.8) is 0 Å². The van der Waals surface area contributed by atoms with Crippen molar-refractivity contribution in [1.82, 2.24) is 0 Å². The Morgan fingerprint density at radius 1 is 1.47 bits per heavy atom. The highest BCUT2D eigenvalue weighted by Crippen LogP contribution is 2.31. The number of carbonyl (C=O) groups excluding carboxylic acids is 1. The van der Waals surface area contributed by atoms with Crippen LogP contribution in [-0.4, -0.2) is 19.7 Å². The quantitative estimate of drug-likeness (QED) is 0.595. The monoisotopic (exact) mass is 372 g/mol. The van der Waals surface area contributed by atoms with Gasteiger partial charge in [0.25, 0.3) is 0 Å². The van der Waals surface area contributed by atoms with Crippen molar-refractivity contribution in [2.45, 2.75) is 11.9 Å². The highest BCUT2D eigenvalue weighted by Gasteiger charge is 2.21. The summed E-state index contributed by atoms with van der Waals surface area (Å²) in [7, 11) is 1.18. The average Bonchev–Trinajstić information content (AvgIpc) is 2.26. The second-order valence-electron chi connectivity index (χ2n) is 2.94. The minimum absolute atomic E-state index is 0.00660. The molecular weight excluding hydrogens is 366 g/mol. The molecular formula is C10H8Br2F2O3. The molecule has 0 atom stereocenters. The molecule has 0 fully saturated rings. The molecule has 1 aromatic rings. The molecule has 0 aliphatic rings. The first-order chi connectivity index (χ1) is 7.99. The van der Waals surface area contributed by atoms with Gasteiger partial charge in [0.15, 0.2) is 0 Å². The van der Waals surface area contributed by atoms with E-state index in [9.17, 15) is 13.6 Å². The van der Waals surface area contributed by atoms with Crippen molar-refractivity contribution in [3.8, 4) is 5.75 Å². The minimum atomic E-state index is -3.00. The van der Waals surface area contributed by atoms with E-state index in [2.05, 4.69) is 41.3 Å². The van der Waals surface area contributed by atoms with Gasteiger partial charge in [-0.25, -0.2) is 4.79 Å². The van der Waals surface area contributed by atoms with Crippen molar-refractivity contribution >= 4 is 37.8 Å². The van der Waals surface area contributed by atoms with Crippen LogP contribution in [0.3, 0.4) is 0 Å². The average molecular weight is 374 g/mol. The fourth-order valence-electron chi connectivity index (χ4n) is 1.26. The standard InChI is InChI=1S/C10H8Br2F2O3/c1-16-9(15)8-5(4-11)2-6(12)3-7(8)17-10(13)14/h2-3,10H,4H2,1H3. The van der Waals surface area contributed by atoms with E-state index < -0.39 is 12.6 Å². The lowest BCUT2D eigenvalue weighted by molar-refractivity contribution is -0.0504. The lowest BCUT2D eigenvalue weighted by atomic mass is 10.1. The molecule has 0 aliphatic heterocycles. The van der Waals surface area contributed by atoms with Crippen LogP contribution in [0.1, 0.15) is 15.9 Å². The molecule has 3 nitrogen and oxygen atoms in total. The maximum atomic E-state index is 12.2. The molecule has 1 aromatic carbocycles. The van der Waals surface area contributed by atoms with E-state index in [4.69, 9.17) is 0 Å². The molecule has 0 saturated heterocycles. The number of rotatable bonds is 4. The number of esters is 1. The van der Waals surface area contributed by atoms with Gasteiger partial charge in [-0.15, -0.1) is 0 Å². The Kier molecular flexibility index (Phi) is 5.32. The number of alkyl halides is 3. The van der Waals surface area contributed by atoms with Gasteiger partial charge >= 0.3 is 12.6 Å². The van der Waals surface area contributed by atoms with Gasteiger partial charge in [0.05, 0.1) is 7.11 Å². The summed E-state index contributed by atoms with van der Waals surface area (Å²) in [6, 6.07) is 2.92. The van der Waals surface area contributed by atoms with E-state index in [0.29, 0.717) is 15.4 Å². The third kappa shape index (κ3) is 3.64. The summed E-state index contributed by atoms with van der Waals surface area (Å²) in [5.41, 5.74) is 0.495. The van der Waals surface area contributed by atoms with E-state index in [1.54, 1.807) is 6.07 Å². The number of hydrogen-bond acceptors (Lipinski definition) is 3. The summed E-state index contributed by atoms with van der Waals surface area (Å²) >= 11 is 6.32. The van der Waals surface area contributed by atoms with Crippen LogP contribution in [0.4, 0.5) is 8.78 Å². The minimum Gasteiger partial charge on any atom is -0.465 e. The molecule has 0 unspecified atom stereocenters. The summed E-state index contributed by atoms with van der Waals surface area (Å²) in [6.45, 7) is -3.00. The molecule has 17 heavy (non-hydrogen) atoms. The predicted octanol–water partition coefficient (Wildman–Crippen LogP) is 3.73. The Morgan fingerprint density at radius 3 is 2.59 bits per heavy atom. The van der Waals surface area contributed by atoms with Gasteiger partial charge in [-0.1, -0.05) is 31.9 Å². The zero-order valence-corrected chi connectivity index (χ0v) is 11.8. The van der Waals surface area contributed by atoms with E-state index in [1.807, 2.05) is 0 Å². The van der Waals surface area contributed by atoms with Crippen molar-refractivity contribution in [3.05, 3.63) is 27.7 Å². The predicted molar refractivity (Wildman–Crippen MR) is 64.7 cm³/mol. The Balaban J connectivity index is 3.33. The number of methoxy groups -OCH3 is 1. The van der Waals surface area contributed by atoms with Crippen molar-refractivity contribution < 1.29 is 23.0 Å². The molecule has 0 amide bonds. The van der Waals surface area contributed by atoms with E-state index in [-0.39, 0.29) is 11.3 Å². The van der Waals surface area contributed by atoms with Crippen LogP contribution in [0.25, 0.3) is 0 Å². The molecule has 0 aromatic heterocycles. The number of carbonyl (C=O) groups is 1. The molecule has 0 bridgehead atoms. The highest BCUT2D eigenvalue weighted by atomic mass is 79.9. The summed E-state index contributed by atoms with van der Waals surface area (Å²) in [5, 5.41) is 0.316. The van der Waals surface area contributed by atoms with Crippen molar-refractivity contribution in [2.75, 3.05) is 7.11 Å². The van der Waals surface area contributed by atoms with Gasteiger partial charge in [0.2, 0.25) is 0 Å². The van der Waals surface area contributed by atoms with E-state index in [0.717, 1.165) is 0 Å². The fraction of sp³-hybridized carbons (Fsp3) is 0.300. The van der Waals surface area contributed by atoms with Gasteiger partial charge in [0, 0.05) is 9.80 Å². The van der Waals surface area contributed by atoms with E-state index in [1.165, 1.54) is 13.2 Å². The Hall–Kier alpha value is -0.690. The Morgan fingerprint density at radius 2 is 2.12 bits per heavy atom. The van der Waals surface area contributed by atoms with Crippen LogP contribution in [0, 0.1) is 0 Å². The maximum Gasteiger partial charge on any atom is 0.387 e. The summed E-state index contributed by atoms with van der Waals surface area (Å²) in [4.78, 5) is 11.5. The molecule has 0 spiro atoms. The highest BCUT2D eigenvalue weighted by molar-refractivity contribution is 9.10. The summed E-state index contributed by atoms with van der Waals surface area (Å²) in [6.07, 6.45) is 0. The summed E-state index contributed by atoms with van der Waals surface area (Å²) < 4.78 is 33.9. The van der Waals surface area contributed by atoms with Crippen LogP contribution in [0.15, 0.2) is 16.6 Å². The van der Waals surface area contributed by atoms with Crippen LogP contribution in [-0.2, 0) is 10.1 Å². The first-order valence-corrected chi connectivity index (χ1v) is 6.32. The van der Waals surface area contributed by atoms with Crippen LogP contribution in [0.5, 0.6) is 5.75 Å². The normalized spacial score (nSPS) is 10.5. The van der Waals surface area contributed by atoms with Gasteiger partial charge in [0.1, 0.15) is 11.3 Å². The number of ether oxygens (including phenoxy) is 2. The summed E-state index contributed by atoms with van der Waals surface area (Å²) in [5.74, 6) is -0.932. The SMILES string of the molecule is COC(=O)c1c(CBr)cc(Br)cc1OC(F)F. The molecule has 1 rings (SSSR count). The fourth-order valence-corrected chi connectivity index (χ4v) is 2.19. The van der Waals surface area contributed by atoms with Crippen LogP contribution in [0.2, 0.25) is 0 Å². The molecule has 7 heteroatoms.